The van der Waals surface area contributed by atoms with Gasteiger partial charge in [0.05, 0.1) is 11.9 Å². The number of benzene rings is 2. The number of phenols is 1. The highest BCUT2D eigenvalue weighted by Gasteiger charge is 2.34. The number of fused-ring (bicyclic) bond motifs is 1. The Morgan fingerprint density at radius 3 is 2.59 bits per heavy atom. The Morgan fingerprint density at radius 1 is 1.22 bits per heavy atom. The highest BCUT2D eigenvalue weighted by atomic mass is 32.2. The average molecular weight is 455 g/mol. The number of carbonyl (C=O) groups is 1. The summed E-state index contributed by atoms with van der Waals surface area (Å²) in [7, 11) is 0. The second-order valence-electron chi connectivity index (χ2n) is 8.92. The molecule has 2 aromatic carbocycles. The van der Waals surface area contributed by atoms with E-state index in [2.05, 4.69) is 11.9 Å². The number of thioether (sulfide) groups is 1. The van der Waals surface area contributed by atoms with Crippen LogP contribution < -0.4 is 15.2 Å². The van der Waals surface area contributed by atoms with Crippen LogP contribution in [0.4, 0.5) is 0 Å². The van der Waals surface area contributed by atoms with Gasteiger partial charge >= 0.3 is 0 Å². The van der Waals surface area contributed by atoms with Crippen LogP contribution in [0.3, 0.4) is 0 Å². The number of carbonyl (C=O) groups excluding carboxylic acids is 1. The van der Waals surface area contributed by atoms with Gasteiger partial charge in [-0.15, -0.1) is 0 Å². The van der Waals surface area contributed by atoms with Gasteiger partial charge in [-0.1, -0.05) is 23.9 Å². The second kappa shape index (κ2) is 8.70. The summed E-state index contributed by atoms with van der Waals surface area (Å²) in [6.07, 6.45) is 3.13. The molecular formula is C25H30N2O4S. The molecule has 0 radical (unpaired) electrons. The molecule has 0 spiro atoms. The highest BCUT2D eigenvalue weighted by Crippen LogP contribution is 2.44. The molecule has 6 nitrogen and oxygen atoms in total. The number of hydrogen-bond donors (Lipinski definition) is 2. The summed E-state index contributed by atoms with van der Waals surface area (Å²) < 4.78 is 12.5. The van der Waals surface area contributed by atoms with Crippen LogP contribution in [0.25, 0.3) is 0 Å². The van der Waals surface area contributed by atoms with Crippen molar-refractivity contribution in [2.45, 2.75) is 64.2 Å². The minimum absolute atomic E-state index is 0.161. The molecule has 1 amide bonds. The summed E-state index contributed by atoms with van der Waals surface area (Å²) in [4.78, 5) is 15.6. The van der Waals surface area contributed by atoms with Crippen molar-refractivity contribution >= 4 is 22.8 Å². The van der Waals surface area contributed by atoms with Crippen LogP contribution in [0.5, 0.6) is 17.2 Å². The van der Waals surface area contributed by atoms with Crippen molar-refractivity contribution < 1.29 is 19.4 Å². The van der Waals surface area contributed by atoms with E-state index in [1.807, 2.05) is 45.0 Å². The van der Waals surface area contributed by atoms with Crippen molar-refractivity contribution in [3.63, 3.8) is 0 Å². The number of nitrogens with zero attached hydrogens (tertiary/aromatic N) is 1. The van der Waals surface area contributed by atoms with E-state index in [9.17, 15) is 9.90 Å². The zero-order chi connectivity index (χ0) is 23.0. The largest absolute Gasteiger partial charge is 0.507 e. The minimum atomic E-state index is -0.312. The van der Waals surface area contributed by atoms with Gasteiger partial charge in [-0.05, 0) is 81.3 Å². The van der Waals surface area contributed by atoms with Crippen molar-refractivity contribution in [3.8, 4) is 17.2 Å². The maximum atomic E-state index is 11.8. The summed E-state index contributed by atoms with van der Waals surface area (Å²) in [6, 6.07) is 7.83. The quantitative estimate of drug-likeness (QED) is 0.673. The van der Waals surface area contributed by atoms with Crippen molar-refractivity contribution in [2.75, 3.05) is 6.61 Å². The average Bonchev–Trinajstić information content (AvgIpc) is 3.08. The third kappa shape index (κ3) is 4.44. The molecule has 0 saturated heterocycles. The maximum Gasteiger partial charge on any atom is 0.261 e. The lowest BCUT2D eigenvalue weighted by Gasteiger charge is -2.38. The fourth-order valence-corrected chi connectivity index (χ4v) is 5.19. The van der Waals surface area contributed by atoms with E-state index >= 15 is 0 Å². The molecule has 2 aromatic rings. The summed E-state index contributed by atoms with van der Waals surface area (Å²) >= 11 is 1.32. The summed E-state index contributed by atoms with van der Waals surface area (Å²) in [6.45, 7) is 8.58. The van der Waals surface area contributed by atoms with Gasteiger partial charge in [0.2, 0.25) is 0 Å². The summed E-state index contributed by atoms with van der Waals surface area (Å²) in [5.41, 5.74) is 10.3. The van der Waals surface area contributed by atoms with Crippen molar-refractivity contribution in [2.24, 2.45) is 10.7 Å². The lowest BCUT2D eigenvalue weighted by Crippen LogP contribution is -2.38. The number of nitrogens with two attached hydrogens (primary N) is 1. The predicted octanol–water partition coefficient (Wildman–Crippen LogP) is 4.37. The number of phenolic OH excluding ortho intramolecular Hbond substituents is 1. The first-order chi connectivity index (χ1) is 15.2. The molecule has 2 aliphatic rings. The Balaban J connectivity index is 1.33. The third-order valence-corrected chi connectivity index (χ3v) is 7.58. The smallest absolute Gasteiger partial charge is 0.261 e. The Morgan fingerprint density at radius 2 is 1.94 bits per heavy atom. The van der Waals surface area contributed by atoms with Crippen LogP contribution >= 0.6 is 11.8 Å². The number of ether oxygens (including phenoxy) is 2. The molecule has 0 bridgehead atoms. The summed E-state index contributed by atoms with van der Waals surface area (Å²) in [5.74, 6) is 1.93. The molecule has 2 heterocycles. The SMILES string of the molecule is Cc1c(C)c2c(c(C)c1O)CCC(C)(CCOc1ccc(CC3SC(N)=NC3=O)cc1)O2. The van der Waals surface area contributed by atoms with E-state index < -0.39 is 0 Å². The van der Waals surface area contributed by atoms with Crippen LogP contribution in [0.15, 0.2) is 29.3 Å². The first-order valence-electron chi connectivity index (χ1n) is 10.9. The molecule has 0 fully saturated rings. The lowest BCUT2D eigenvalue weighted by molar-refractivity contribution is -0.117. The molecule has 7 heteroatoms. The topological polar surface area (TPSA) is 94.1 Å². The number of hydrogen-bond acceptors (Lipinski definition) is 6. The molecule has 2 aliphatic heterocycles. The molecule has 2 unspecified atom stereocenters. The van der Waals surface area contributed by atoms with Crippen LogP contribution in [0.2, 0.25) is 0 Å². The number of amidine groups is 1. The minimum Gasteiger partial charge on any atom is -0.507 e. The zero-order valence-electron chi connectivity index (χ0n) is 19.0. The highest BCUT2D eigenvalue weighted by molar-refractivity contribution is 8.15. The second-order valence-corrected chi connectivity index (χ2v) is 10.1. The molecule has 0 aliphatic carbocycles. The molecule has 32 heavy (non-hydrogen) atoms. The first-order valence-corrected chi connectivity index (χ1v) is 11.8. The summed E-state index contributed by atoms with van der Waals surface area (Å²) in [5, 5.41) is 10.5. The Labute approximate surface area is 193 Å². The number of aromatic hydroxyl groups is 1. The first kappa shape index (κ1) is 22.5. The van der Waals surface area contributed by atoms with Gasteiger partial charge in [-0.2, -0.15) is 4.99 Å². The monoisotopic (exact) mass is 454 g/mol. The Kier molecular flexibility index (Phi) is 6.12. The van der Waals surface area contributed by atoms with Crippen LogP contribution in [-0.2, 0) is 17.6 Å². The number of aliphatic imine (C=N–C) groups is 1. The van der Waals surface area contributed by atoms with Crippen LogP contribution in [0, 0.1) is 20.8 Å². The van der Waals surface area contributed by atoms with E-state index in [0.717, 1.165) is 58.6 Å². The van der Waals surface area contributed by atoms with Gasteiger partial charge < -0.3 is 20.3 Å². The van der Waals surface area contributed by atoms with Gasteiger partial charge in [-0.3, -0.25) is 4.79 Å². The lowest BCUT2D eigenvalue weighted by atomic mass is 9.86. The van der Waals surface area contributed by atoms with E-state index in [1.54, 1.807) is 0 Å². The van der Waals surface area contributed by atoms with Gasteiger partial charge in [0.25, 0.3) is 5.91 Å². The fourth-order valence-electron chi connectivity index (χ4n) is 4.32. The molecular weight excluding hydrogens is 424 g/mol. The molecule has 2 atom stereocenters. The molecule has 170 valence electrons. The predicted molar refractivity (Wildman–Crippen MR) is 128 cm³/mol. The molecule has 0 saturated carbocycles. The zero-order valence-corrected chi connectivity index (χ0v) is 19.8. The van der Waals surface area contributed by atoms with Gasteiger partial charge in [0.1, 0.15) is 22.8 Å². The van der Waals surface area contributed by atoms with Crippen molar-refractivity contribution in [1.29, 1.82) is 0 Å². The normalized spacial score (nSPS) is 22.3. The maximum absolute atomic E-state index is 11.8. The Bertz CT molecular complexity index is 1080. The number of rotatable bonds is 6. The van der Waals surface area contributed by atoms with Crippen LogP contribution in [0.1, 0.15) is 47.6 Å². The van der Waals surface area contributed by atoms with Gasteiger partial charge in [-0.25, -0.2) is 0 Å². The van der Waals surface area contributed by atoms with Crippen molar-refractivity contribution in [3.05, 3.63) is 52.1 Å². The van der Waals surface area contributed by atoms with Gasteiger partial charge in [0, 0.05) is 12.0 Å². The Hall–Kier alpha value is -2.67. The van der Waals surface area contributed by atoms with Crippen LogP contribution in [-0.4, -0.2) is 33.6 Å². The molecule has 4 rings (SSSR count). The van der Waals surface area contributed by atoms with E-state index in [0.29, 0.717) is 23.9 Å². The van der Waals surface area contributed by atoms with Crippen molar-refractivity contribution in [1.82, 2.24) is 0 Å². The van der Waals surface area contributed by atoms with E-state index in [1.165, 1.54) is 11.8 Å². The standard InChI is InChI=1S/C25H30N2O4S/c1-14-15(2)22-19(16(3)21(14)28)9-10-25(4,31-22)11-12-30-18-7-5-17(6-8-18)13-20-23(29)27-24(26)32-20/h5-8,20,28H,9-13H2,1-4H3,(H2,26,27,29). The molecule has 3 N–H and O–H groups in total. The number of amides is 1. The van der Waals surface area contributed by atoms with E-state index in [-0.39, 0.29) is 16.8 Å². The third-order valence-electron chi connectivity index (χ3n) is 6.60. The molecule has 0 aromatic heterocycles. The fraction of sp³-hybridized carbons (Fsp3) is 0.440. The van der Waals surface area contributed by atoms with E-state index in [4.69, 9.17) is 15.2 Å². The van der Waals surface area contributed by atoms with Gasteiger partial charge in [0.15, 0.2) is 5.17 Å².